The minimum absolute atomic E-state index is 0.130. The molecule has 3 heterocycles. The second-order valence-electron chi connectivity index (χ2n) is 7.53. The lowest BCUT2D eigenvalue weighted by molar-refractivity contribution is -0.136. The Kier molecular flexibility index (Phi) is 5.70. The van der Waals surface area contributed by atoms with Crippen LogP contribution in [-0.4, -0.2) is 61.0 Å². The lowest BCUT2D eigenvalue weighted by Gasteiger charge is -2.29. The molecule has 0 aromatic heterocycles. The Morgan fingerprint density at radius 3 is 2.93 bits per heavy atom. The molecular weight excluding hydrogens is 360 g/mol. The number of hydrogen-bond acceptors (Lipinski definition) is 6. The van der Waals surface area contributed by atoms with Crippen LogP contribution in [0.5, 0.6) is 0 Å². The third kappa shape index (κ3) is 3.94. The summed E-state index contributed by atoms with van der Waals surface area (Å²) in [5.41, 5.74) is 2.71. The van der Waals surface area contributed by atoms with Crippen molar-refractivity contribution in [3.63, 3.8) is 0 Å². The van der Waals surface area contributed by atoms with Gasteiger partial charge in [0.2, 0.25) is 11.8 Å². The van der Waals surface area contributed by atoms with E-state index in [1.165, 1.54) is 0 Å². The third-order valence-electron chi connectivity index (χ3n) is 5.66. The first-order valence-corrected chi connectivity index (χ1v) is 9.91. The SMILES string of the molecule is O=C1CCC(N2Cc3c(CNCCC4COCCN4)cccc3C2=O)C(=O)N1. The van der Waals surface area contributed by atoms with Crippen LogP contribution < -0.4 is 16.0 Å². The zero-order valence-electron chi connectivity index (χ0n) is 15.8. The van der Waals surface area contributed by atoms with Crippen molar-refractivity contribution in [1.82, 2.24) is 20.9 Å². The van der Waals surface area contributed by atoms with Crippen molar-refractivity contribution in [2.75, 3.05) is 26.3 Å². The number of carbonyl (C=O) groups excluding carboxylic acids is 3. The number of benzene rings is 1. The number of piperidine rings is 1. The van der Waals surface area contributed by atoms with E-state index in [0.29, 0.717) is 31.1 Å². The Hall–Kier alpha value is -2.29. The number of nitrogens with zero attached hydrogens (tertiary/aromatic N) is 1. The van der Waals surface area contributed by atoms with Crippen molar-refractivity contribution >= 4 is 17.7 Å². The summed E-state index contributed by atoms with van der Waals surface area (Å²) in [7, 11) is 0. The molecule has 2 atom stereocenters. The van der Waals surface area contributed by atoms with Gasteiger partial charge in [-0.2, -0.15) is 0 Å². The van der Waals surface area contributed by atoms with E-state index in [2.05, 4.69) is 16.0 Å². The molecule has 2 saturated heterocycles. The van der Waals surface area contributed by atoms with E-state index in [9.17, 15) is 14.4 Å². The Morgan fingerprint density at radius 2 is 2.14 bits per heavy atom. The summed E-state index contributed by atoms with van der Waals surface area (Å²) in [5, 5.41) is 9.23. The molecule has 2 fully saturated rings. The number of imide groups is 1. The van der Waals surface area contributed by atoms with Gasteiger partial charge in [0.15, 0.2) is 0 Å². The number of nitrogens with one attached hydrogen (secondary N) is 3. The van der Waals surface area contributed by atoms with Crippen LogP contribution >= 0.6 is 0 Å². The van der Waals surface area contributed by atoms with Gasteiger partial charge in [-0.3, -0.25) is 19.7 Å². The van der Waals surface area contributed by atoms with Crippen LogP contribution in [-0.2, 0) is 27.4 Å². The van der Waals surface area contributed by atoms with E-state index in [0.717, 1.165) is 43.9 Å². The summed E-state index contributed by atoms with van der Waals surface area (Å²) in [4.78, 5) is 38.0. The van der Waals surface area contributed by atoms with Crippen molar-refractivity contribution in [3.8, 4) is 0 Å². The first-order valence-electron chi connectivity index (χ1n) is 9.91. The van der Waals surface area contributed by atoms with Crippen LogP contribution in [0, 0.1) is 0 Å². The molecule has 4 rings (SSSR count). The maximum atomic E-state index is 12.8. The molecule has 1 aromatic rings. The van der Waals surface area contributed by atoms with Crippen molar-refractivity contribution in [2.45, 2.75) is 44.4 Å². The van der Waals surface area contributed by atoms with Crippen LogP contribution in [0.15, 0.2) is 18.2 Å². The largest absolute Gasteiger partial charge is 0.379 e. The number of fused-ring (bicyclic) bond motifs is 1. The van der Waals surface area contributed by atoms with Gasteiger partial charge in [0, 0.05) is 37.7 Å². The van der Waals surface area contributed by atoms with Gasteiger partial charge in [-0.05, 0) is 36.6 Å². The lowest BCUT2D eigenvalue weighted by atomic mass is 10.0. The monoisotopic (exact) mass is 386 g/mol. The highest BCUT2D eigenvalue weighted by Gasteiger charge is 2.39. The number of morpholine rings is 1. The van der Waals surface area contributed by atoms with Crippen LogP contribution in [0.4, 0.5) is 0 Å². The second-order valence-corrected chi connectivity index (χ2v) is 7.53. The molecule has 0 saturated carbocycles. The molecule has 8 heteroatoms. The summed E-state index contributed by atoms with van der Waals surface area (Å²) in [6, 6.07) is 5.53. The Morgan fingerprint density at radius 1 is 1.25 bits per heavy atom. The van der Waals surface area contributed by atoms with Crippen LogP contribution in [0.1, 0.15) is 40.7 Å². The normalized spacial score (nSPS) is 25.0. The smallest absolute Gasteiger partial charge is 0.255 e. The van der Waals surface area contributed by atoms with Gasteiger partial charge in [0.25, 0.3) is 5.91 Å². The maximum Gasteiger partial charge on any atom is 0.255 e. The number of amides is 3. The fourth-order valence-corrected chi connectivity index (χ4v) is 4.12. The Labute approximate surface area is 164 Å². The minimum atomic E-state index is -0.573. The topological polar surface area (TPSA) is 99.8 Å². The molecular formula is C20H26N4O4. The van der Waals surface area contributed by atoms with E-state index in [1.807, 2.05) is 18.2 Å². The molecule has 150 valence electrons. The predicted octanol–water partition coefficient (Wildman–Crippen LogP) is -0.0843. The number of hydrogen-bond donors (Lipinski definition) is 3. The first-order chi connectivity index (χ1) is 13.6. The molecule has 0 aliphatic carbocycles. The van der Waals surface area contributed by atoms with Crippen LogP contribution in [0.25, 0.3) is 0 Å². The number of rotatable bonds is 6. The van der Waals surface area contributed by atoms with Crippen molar-refractivity contribution in [1.29, 1.82) is 0 Å². The lowest BCUT2D eigenvalue weighted by Crippen LogP contribution is -2.52. The highest BCUT2D eigenvalue weighted by Crippen LogP contribution is 2.29. The first kappa shape index (κ1) is 19.0. The van der Waals surface area contributed by atoms with Gasteiger partial charge < -0.3 is 20.3 Å². The van der Waals surface area contributed by atoms with E-state index in [-0.39, 0.29) is 24.1 Å². The molecule has 3 amide bonds. The standard InChI is InChI=1S/C20H26N4O4/c25-18-5-4-17(19(26)23-18)24-11-16-13(2-1-3-15(16)20(24)27)10-21-7-6-14-12-28-9-8-22-14/h1-3,14,17,21-22H,4-12H2,(H,23,25,26). The van der Waals surface area contributed by atoms with Gasteiger partial charge >= 0.3 is 0 Å². The van der Waals surface area contributed by atoms with Gasteiger partial charge in [-0.1, -0.05) is 12.1 Å². The third-order valence-corrected chi connectivity index (χ3v) is 5.66. The van der Waals surface area contributed by atoms with Gasteiger partial charge in [-0.15, -0.1) is 0 Å². The molecule has 3 N–H and O–H groups in total. The van der Waals surface area contributed by atoms with E-state index in [4.69, 9.17) is 4.74 Å². The zero-order chi connectivity index (χ0) is 19.5. The van der Waals surface area contributed by atoms with Gasteiger partial charge in [-0.25, -0.2) is 0 Å². The average molecular weight is 386 g/mol. The Balaban J connectivity index is 1.37. The molecule has 0 spiro atoms. The van der Waals surface area contributed by atoms with Crippen molar-refractivity contribution in [2.24, 2.45) is 0 Å². The van der Waals surface area contributed by atoms with Crippen LogP contribution in [0.3, 0.4) is 0 Å². The summed E-state index contributed by atoms with van der Waals surface area (Å²) in [5.74, 6) is -0.776. The number of ether oxygens (including phenoxy) is 1. The Bertz CT molecular complexity index is 775. The fourth-order valence-electron chi connectivity index (χ4n) is 4.12. The molecule has 3 aliphatic heterocycles. The highest BCUT2D eigenvalue weighted by molar-refractivity contribution is 6.05. The molecule has 0 bridgehead atoms. The predicted molar refractivity (Wildman–Crippen MR) is 101 cm³/mol. The fraction of sp³-hybridized carbons (Fsp3) is 0.550. The highest BCUT2D eigenvalue weighted by atomic mass is 16.5. The molecule has 0 radical (unpaired) electrons. The van der Waals surface area contributed by atoms with E-state index in [1.54, 1.807) is 4.90 Å². The maximum absolute atomic E-state index is 12.8. The van der Waals surface area contributed by atoms with E-state index >= 15 is 0 Å². The second kappa shape index (κ2) is 8.38. The summed E-state index contributed by atoms with van der Waals surface area (Å²) in [6.07, 6.45) is 1.63. The average Bonchev–Trinajstić information content (AvgIpc) is 3.03. The quantitative estimate of drug-likeness (QED) is 0.467. The summed E-state index contributed by atoms with van der Waals surface area (Å²) < 4.78 is 5.47. The van der Waals surface area contributed by atoms with Crippen molar-refractivity contribution in [3.05, 3.63) is 34.9 Å². The van der Waals surface area contributed by atoms with E-state index < -0.39 is 6.04 Å². The molecule has 3 aliphatic rings. The molecule has 8 nitrogen and oxygen atoms in total. The summed E-state index contributed by atoms with van der Waals surface area (Å²) in [6.45, 7) is 4.36. The zero-order valence-corrected chi connectivity index (χ0v) is 15.8. The number of carbonyl (C=O) groups is 3. The van der Waals surface area contributed by atoms with Gasteiger partial charge in [0.1, 0.15) is 6.04 Å². The minimum Gasteiger partial charge on any atom is -0.379 e. The molecule has 2 unspecified atom stereocenters. The van der Waals surface area contributed by atoms with Crippen molar-refractivity contribution < 1.29 is 19.1 Å². The summed E-state index contributed by atoms with van der Waals surface area (Å²) >= 11 is 0. The van der Waals surface area contributed by atoms with Crippen LogP contribution in [0.2, 0.25) is 0 Å². The molecule has 28 heavy (non-hydrogen) atoms. The van der Waals surface area contributed by atoms with Gasteiger partial charge in [0.05, 0.1) is 13.2 Å². The molecule has 1 aromatic carbocycles.